The molecular weight excluding hydrogens is 593 g/mol. The minimum atomic E-state index is -1.66. The molecule has 0 fully saturated rings. The first-order valence-electron chi connectivity index (χ1n) is 12.2. The molecule has 0 bridgehead atoms. The molecule has 0 aliphatic heterocycles. The highest BCUT2D eigenvalue weighted by molar-refractivity contribution is 7.14. The van der Waals surface area contributed by atoms with Gasteiger partial charge in [-0.3, -0.25) is 14.9 Å². The van der Waals surface area contributed by atoms with Gasteiger partial charge in [0.25, 0.3) is 5.91 Å². The van der Waals surface area contributed by atoms with Crippen LogP contribution in [-0.2, 0) is 33.3 Å². The normalized spacial score (nSPS) is 12.9. The van der Waals surface area contributed by atoms with Crippen LogP contribution in [0.15, 0.2) is 22.7 Å². The van der Waals surface area contributed by atoms with Crippen LogP contribution in [0.1, 0.15) is 54.4 Å². The molecule has 2 atom stereocenters. The number of anilines is 1. The SMILES string of the molecule is BOC(=O)C(C[C@H](NC(=O)c1ccc(C)c(C)c1Cl)C(=O)OB)O/N=C(\C(=O)O)c1csc(NC(=O)OC(C)(C)C)n1. The summed E-state index contributed by atoms with van der Waals surface area (Å²) in [6.07, 6.45) is -3.02. The Labute approximate surface area is 252 Å². The third-order valence-corrected chi connectivity index (χ3v) is 6.68. The van der Waals surface area contributed by atoms with Crippen LogP contribution in [-0.4, -0.2) is 79.6 Å². The monoisotopic (exact) mass is 622 g/mol. The van der Waals surface area contributed by atoms with Crippen molar-refractivity contribution in [3.63, 3.8) is 0 Å². The van der Waals surface area contributed by atoms with Crippen molar-refractivity contribution >= 4 is 79.8 Å². The number of nitrogens with zero attached hydrogens (tertiary/aromatic N) is 2. The smallest absolute Gasteiger partial charge is 0.413 e. The lowest BCUT2D eigenvalue weighted by atomic mass is 10.0. The van der Waals surface area contributed by atoms with Gasteiger partial charge in [0.1, 0.15) is 17.3 Å². The van der Waals surface area contributed by atoms with Crippen molar-refractivity contribution in [3.8, 4) is 0 Å². The summed E-state index contributed by atoms with van der Waals surface area (Å²) in [7, 11) is 2.11. The second-order valence-electron chi connectivity index (χ2n) is 9.68. The number of ether oxygens (including phenoxy) is 1. The molecule has 0 aliphatic carbocycles. The fraction of sp³-hybridized carbons (Fsp3) is 0.375. The molecular formula is C24H29B2ClN4O10S. The summed E-state index contributed by atoms with van der Waals surface area (Å²) in [4.78, 5) is 71.1. The Morgan fingerprint density at radius 2 is 1.76 bits per heavy atom. The summed E-state index contributed by atoms with van der Waals surface area (Å²) in [5, 5.41) is 19.5. The average Bonchev–Trinajstić information content (AvgIpc) is 3.35. The predicted octanol–water partition coefficient (Wildman–Crippen LogP) is 1.31. The van der Waals surface area contributed by atoms with E-state index < -0.39 is 59.8 Å². The van der Waals surface area contributed by atoms with Gasteiger partial charge in [0, 0.05) is 11.8 Å². The fourth-order valence-corrected chi connectivity index (χ4v) is 4.20. The quantitative estimate of drug-likeness (QED) is 0.186. The lowest BCUT2D eigenvalue weighted by molar-refractivity contribution is -0.149. The molecule has 0 saturated heterocycles. The molecule has 1 aromatic carbocycles. The number of carboxylic acids is 1. The van der Waals surface area contributed by atoms with Gasteiger partial charge in [-0.25, -0.2) is 19.4 Å². The third-order valence-electron chi connectivity index (χ3n) is 5.44. The Bertz CT molecular complexity index is 1400. The number of aryl methyl sites for hydroxylation is 1. The molecule has 2 amide bonds. The Balaban J connectivity index is 2.29. The molecule has 1 heterocycles. The number of thiazole rings is 1. The fourth-order valence-electron chi connectivity index (χ4n) is 3.22. The van der Waals surface area contributed by atoms with E-state index in [1.54, 1.807) is 33.8 Å². The Morgan fingerprint density at radius 3 is 2.33 bits per heavy atom. The van der Waals surface area contributed by atoms with Crippen molar-refractivity contribution in [1.82, 2.24) is 10.3 Å². The van der Waals surface area contributed by atoms with Crippen LogP contribution in [0.2, 0.25) is 5.02 Å². The van der Waals surface area contributed by atoms with Crippen LogP contribution < -0.4 is 10.6 Å². The van der Waals surface area contributed by atoms with Gasteiger partial charge in [-0.15, -0.1) is 11.3 Å². The molecule has 2 aromatic rings. The van der Waals surface area contributed by atoms with Gasteiger partial charge in [-0.2, -0.15) is 0 Å². The molecule has 2 rings (SSSR count). The molecule has 0 spiro atoms. The van der Waals surface area contributed by atoms with Gasteiger partial charge < -0.3 is 29.3 Å². The summed E-state index contributed by atoms with van der Waals surface area (Å²) in [5.74, 6) is -4.26. The van der Waals surface area contributed by atoms with Crippen molar-refractivity contribution in [2.24, 2.45) is 5.16 Å². The van der Waals surface area contributed by atoms with Crippen LogP contribution >= 0.6 is 22.9 Å². The van der Waals surface area contributed by atoms with E-state index in [0.29, 0.717) is 5.56 Å². The van der Waals surface area contributed by atoms with Gasteiger partial charge in [0.15, 0.2) is 5.13 Å². The third kappa shape index (κ3) is 9.48. The standard InChI is InChI=1S/C24H29B2ClN4O10S/c1-10-6-7-12(16(27)11(10)2)18(32)28-13(20(35)39-25)8-15(21(36)40-26)41-31-17(19(33)34)14-9-42-22(29-14)30-23(37)38-24(3,4)5/h6-7,9,13,15H,8,25-26H2,1-5H3,(H,28,32)(H,33,34)(H,29,30,37)/b31-17-/t13-,15?/m0/s1. The number of halogens is 1. The zero-order chi connectivity index (χ0) is 31.8. The van der Waals surface area contributed by atoms with E-state index >= 15 is 0 Å². The van der Waals surface area contributed by atoms with E-state index in [1.807, 2.05) is 6.92 Å². The maximum absolute atomic E-state index is 13.0. The van der Waals surface area contributed by atoms with E-state index in [0.717, 1.165) is 33.0 Å². The van der Waals surface area contributed by atoms with Gasteiger partial charge in [-0.1, -0.05) is 22.8 Å². The molecule has 3 N–H and O–H groups in total. The summed E-state index contributed by atoms with van der Waals surface area (Å²) >= 11 is 7.20. The molecule has 0 radical (unpaired) electrons. The topological polar surface area (TPSA) is 192 Å². The highest BCUT2D eigenvalue weighted by Crippen LogP contribution is 2.24. The lowest BCUT2D eigenvalue weighted by Crippen LogP contribution is -2.45. The van der Waals surface area contributed by atoms with E-state index in [2.05, 4.69) is 20.8 Å². The highest BCUT2D eigenvalue weighted by atomic mass is 35.5. The molecule has 42 heavy (non-hydrogen) atoms. The molecule has 14 nitrogen and oxygen atoms in total. The maximum Gasteiger partial charge on any atom is 0.413 e. The van der Waals surface area contributed by atoms with E-state index in [9.17, 15) is 29.1 Å². The number of carboxylic acid groups (broad SMARTS) is 1. The van der Waals surface area contributed by atoms with Crippen LogP contribution in [0.4, 0.5) is 9.93 Å². The molecule has 0 saturated carbocycles. The minimum Gasteiger partial charge on any atom is -0.542 e. The first-order chi connectivity index (χ1) is 19.6. The summed E-state index contributed by atoms with van der Waals surface area (Å²) in [6.45, 7) is 8.54. The van der Waals surface area contributed by atoms with Crippen LogP contribution in [0.25, 0.3) is 0 Å². The number of hydrogen-bond acceptors (Lipinski definition) is 12. The van der Waals surface area contributed by atoms with Gasteiger partial charge >= 0.3 is 40.1 Å². The molecule has 224 valence electrons. The Hall–Kier alpha value is -4.11. The number of benzene rings is 1. The number of amides is 2. The van der Waals surface area contributed by atoms with Crippen LogP contribution in [0.3, 0.4) is 0 Å². The first kappa shape index (κ1) is 34.1. The largest absolute Gasteiger partial charge is 0.542 e. The zero-order valence-electron chi connectivity index (χ0n) is 23.9. The van der Waals surface area contributed by atoms with E-state index in [-0.39, 0.29) is 21.4 Å². The summed E-state index contributed by atoms with van der Waals surface area (Å²) in [5.41, 5.74) is -0.115. The number of oxime groups is 1. The van der Waals surface area contributed by atoms with Gasteiger partial charge in [-0.05, 0) is 51.8 Å². The minimum absolute atomic E-state index is 0.0104. The molecule has 18 heteroatoms. The Kier molecular flexibility index (Phi) is 11.9. The van der Waals surface area contributed by atoms with E-state index in [1.165, 1.54) is 11.4 Å². The van der Waals surface area contributed by atoms with Gasteiger partial charge in [0.05, 0.1) is 10.6 Å². The van der Waals surface area contributed by atoms with Crippen molar-refractivity contribution in [2.45, 2.75) is 58.8 Å². The van der Waals surface area contributed by atoms with E-state index in [4.69, 9.17) is 30.5 Å². The number of hydrogen-bond donors (Lipinski definition) is 3. The molecule has 1 aromatic heterocycles. The number of carbonyl (C=O) groups is 5. The average molecular weight is 623 g/mol. The number of rotatable bonds is 11. The van der Waals surface area contributed by atoms with Crippen molar-refractivity contribution in [2.75, 3.05) is 5.32 Å². The lowest BCUT2D eigenvalue weighted by Gasteiger charge is -2.21. The highest BCUT2D eigenvalue weighted by Gasteiger charge is 2.33. The number of aliphatic carboxylic acids is 1. The first-order valence-corrected chi connectivity index (χ1v) is 13.5. The number of aromatic nitrogens is 1. The van der Waals surface area contributed by atoms with Gasteiger partial charge in [0.2, 0.25) is 11.8 Å². The van der Waals surface area contributed by atoms with Crippen LogP contribution in [0.5, 0.6) is 0 Å². The van der Waals surface area contributed by atoms with Crippen molar-refractivity contribution in [1.29, 1.82) is 0 Å². The number of nitrogens with one attached hydrogen (secondary N) is 2. The second kappa shape index (κ2) is 14.7. The van der Waals surface area contributed by atoms with Crippen molar-refractivity contribution < 1.29 is 48.0 Å². The Morgan fingerprint density at radius 1 is 1.12 bits per heavy atom. The molecule has 0 aliphatic rings. The number of carbonyl (C=O) groups excluding carboxylic acids is 4. The predicted molar refractivity (Wildman–Crippen MR) is 157 cm³/mol. The maximum atomic E-state index is 13.0. The summed E-state index contributed by atoms with van der Waals surface area (Å²) < 4.78 is 14.6. The molecule has 1 unspecified atom stereocenters. The van der Waals surface area contributed by atoms with Crippen LogP contribution in [0, 0.1) is 13.8 Å². The summed E-state index contributed by atoms with van der Waals surface area (Å²) in [6, 6.07) is 1.71. The zero-order valence-corrected chi connectivity index (χ0v) is 25.5. The van der Waals surface area contributed by atoms with Crippen molar-refractivity contribution in [3.05, 3.63) is 44.9 Å². The second-order valence-corrected chi connectivity index (χ2v) is 10.9.